The number of hydrogen-bond acceptors (Lipinski definition) is 6. The van der Waals surface area contributed by atoms with Gasteiger partial charge in [0.1, 0.15) is 23.5 Å². The summed E-state index contributed by atoms with van der Waals surface area (Å²) < 4.78 is 0. The maximum Gasteiger partial charge on any atom is 0.183 e. The highest BCUT2D eigenvalue weighted by Gasteiger charge is 2.17. The van der Waals surface area contributed by atoms with E-state index in [1.165, 1.54) is 6.33 Å². The molecule has 0 unspecified atom stereocenters. The van der Waals surface area contributed by atoms with Crippen molar-refractivity contribution in [2.24, 2.45) is 0 Å². The molecule has 0 amide bonds. The van der Waals surface area contributed by atoms with Crippen molar-refractivity contribution in [1.29, 1.82) is 5.26 Å². The molecule has 0 aliphatic rings. The van der Waals surface area contributed by atoms with Crippen LogP contribution in [0.5, 0.6) is 0 Å². The van der Waals surface area contributed by atoms with Crippen molar-refractivity contribution >= 4 is 46.0 Å². The SMILES string of the molecule is CCc1ccc(Nc2ncnc3nc(-c4c(Cl)cc(C#N)cc4Cl)[nH]c23)nc1. The Kier molecular flexibility index (Phi) is 4.82. The summed E-state index contributed by atoms with van der Waals surface area (Å²) >= 11 is 12.6. The Morgan fingerprint density at radius 1 is 1.14 bits per heavy atom. The minimum Gasteiger partial charge on any atom is -0.333 e. The molecule has 0 saturated heterocycles. The van der Waals surface area contributed by atoms with Gasteiger partial charge >= 0.3 is 0 Å². The van der Waals surface area contributed by atoms with Gasteiger partial charge in [0.25, 0.3) is 0 Å². The summed E-state index contributed by atoms with van der Waals surface area (Å²) in [6.45, 7) is 2.07. The molecule has 1 aromatic carbocycles. The first-order chi connectivity index (χ1) is 13.6. The van der Waals surface area contributed by atoms with Crippen molar-refractivity contribution in [3.63, 3.8) is 0 Å². The van der Waals surface area contributed by atoms with Gasteiger partial charge in [0, 0.05) is 6.20 Å². The molecule has 0 bridgehead atoms. The Morgan fingerprint density at radius 3 is 2.57 bits per heavy atom. The number of hydrogen-bond donors (Lipinski definition) is 2. The Bertz CT molecular complexity index is 1190. The standard InChI is InChI=1S/C19H13Cl2N7/c1-2-10-3-4-14(23-8-10)26-18-16-19(25-9-24-18)28-17(27-16)15-12(20)5-11(7-22)6-13(15)21/h3-6,8-9H,2H2,1H3,(H2,23,24,25,26,27,28). The second-order valence-electron chi connectivity index (χ2n) is 5.96. The van der Waals surface area contributed by atoms with Gasteiger partial charge in [0.15, 0.2) is 11.5 Å². The molecular formula is C19H13Cl2N7. The lowest BCUT2D eigenvalue weighted by Crippen LogP contribution is -1.98. The van der Waals surface area contributed by atoms with Crippen molar-refractivity contribution in [2.75, 3.05) is 5.32 Å². The van der Waals surface area contributed by atoms with E-state index in [9.17, 15) is 0 Å². The van der Waals surface area contributed by atoms with E-state index in [0.29, 0.717) is 49.8 Å². The number of pyridine rings is 1. The van der Waals surface area contributed by atoms with Gasteiger partial charge in [-0.15, -0.1) is 0 Å². The van der Waals surface area contributed by atoms with Crippen molar-refractivity contribution < 1.29 is 0 Å². The second kappa shape index (κ2) is 7.43. The molecule has 0 fully saturated rings. The van der Waals surface area contributed by atoms with Crippen LogP contribution in [0.1, 0.15) is 18.1 Å². The van der Waals surface area contributed by atoms with E-state index >= 15 is 0 Å². The molecule has 9 heteroatoms. The normalized spacial score (nSPS) is 10.8. The fourth-order valence-corrected chi connectivity index (χ4v) is 3.40. The minimum absolute atomic E-state index is 0.322. The lowest BCUT2D eigenvalue weighted by molar-refractivity contribution is 1.10. The Labute approximate surface area is 170 Å². The number of fused-ring (bicyclic) bond motifs is 1. The highest BCUT2D eigenvalue weighted by Crippen LogP contribution is 2.35. The van der Waals surface area contributed by atoms with E-state index in [0.717, 1.165) is 12.0 Å². The van der Waals surface area contributed by atoms with Gasteiger partial charge in [-0.05, 0) is 30.2 Å². The number of aryl methyl sites for hydroxylation is 1. The van der Waals surface area contributed by atoms with Crippen molar-refractivity contribution in [3.05, 3.63) is 58.0 Å². The Hall–Kier alpha value is -3.21. The van der Waals surface area contributed by atoms with E-state index in [2.05, 4.69) is 37.2 Å². The number of nitrogens with one attached hydrogen (secondary N) is 2. The molecule has 0 atom stereocenters. The van der Waals surface area contributed by atoms with Crippen LogP contribution in [0.15, 0.2) is 36.8 Å². The zero-order chi connectivity index (χ0) is 19.7. The fourth-order valence-electron chi connectivity index (χ4n) is 2.73. The molecule has 7 nitrogen and oxygen atoms in total. The molecule has 0 aliphatic carbocycles. The van der Waals surface area contributed by atoms with Crippen LogP contribution in [0, 0.1) is 11.3 Å². The van der Waals surface area contributed by atoms with Crippen molar-refractivity contribution in [3.8, 4) is 17.5 Å². The number of rotatable bonds is 4. The quantitative estimate of drug-likeness (QED) is 0.496. The third kappa shape index (κ3) is 3.36. The van der Waals surface area contributed by atoms with Crippen molar-refractivity contribution in [2.45, 2.75) is 13.3 Å². The van der Waals surface area contributed by atoms with Crippen LogP contribution >= 0.6 is 23.2 Å². The average molecular weight is 410 g/mol. The zero-order valence-electron chi connectivity index (χ0n) is 14.7. The highest BCUT2D eigenvalue weighted by atomic mass is 35.5. The molecule has 28 heavy (non-hydrogen) atoms. The summed E-state index contributed by atoms with van der Waals surface area (Å²) in [5.41, 5.74) is 3.06. The fraction of sp³-hybridized carbons (Fsp3) is 0.105. The van der Waals surface area contributed by atoms with Crippen LogP contribution in [-0.4, -0.2) is 24.9 Å². The number of nitriles is 1. The van der Waals surface area contributed by atoms with E-state index in [-0.39, 0.29) is 0 Å². The smallest absolute Gasteiger partial charge is 0.183 e. The topological polar surface area (TPSA) is 103 Å². The number of nitrogens with zero attached hydrogens (tertiary/aromatic N) is 5. The monoisotopic (exact) mass is 409 g/mol. The number of aromatic amines is 1. The highest BCUT2D eigenvalue weighted by molar-refractivity contribution is 6.39. The summed E-state index contributed by atoms with van der Waals surface area (Å²) in [5, 5.41) is 12.9. The molecule has 4 rings (SSSR count). The number of imidazole rings is 1. The van der Waals surface area contributed by atoms with Crippen LogP contribution in [0.25, 0.3) is 22.6 Å². The number of aromatic nitrogens is 5. The number of anilines is 2. The molecule has 3 aromatic heterocycles. The summed E-state index contributed by atoms with van der Waals surface area (Å²) in [4.78, 5) is 20.5. The van der Waals surface area contributed by atoms with Gasteiger partial charge in [-0.25, -0.2) is 19.9 Å². The predicted octanol–water partition coefficient (Wildman–Crippen LogP) is 4.90. The lowest BCUT2D eigenvalue weighted by Gasteiger charge is -2.06. The van der Waals surface area contributed by atoms with Crippen LogP contribution in [0.3, 0.4) is 0 Å². The second-order valence-corrected chi connectivity index (χ2v) is 6.78. The molecule has 0 aliphatic heterocycles. The molecule has 0 spiro atoms. The van der Waals surface area contributed by atoms with E-state index in [4.69, 9.17) is 28.5 Å². The van der Waals surface area contributed by atoms with Gasteiger partial charge in [-0.2, -0.15) is 5.26 Å². The first-order valence-corrected chi connectivity index (χ1v) is 9.16. The maximum atomic E-state index is 9.05. The van der Waals surface area contributed by atoms with E-state index < -0.39 is 0 Å². The van der Waals surface area contributed by atoms with Crippen LogP contribution in [-0.2, 0) is 6.42 Å². The Balaban J connectivity index is 1.76. The number of benzene rings is 1. The molecular weight excluding hydrogens is 397 g/mol. The predicted molar refractivity (Wildman–Crippen MR) is 109 cm³/mol. The van der Waals surface area contributed by atoms with Crippen LogP contribution in [0.2, 0.25) is 10.0 Å². The lowest BCUT2D eigenvalue weighted by atomic mass is 10.1. The first kappa shape index (κ1) is 18.2. The van der Waals surface area contributed by atoms with E-state index in [1.807, 2.05) is 24.4 Å². The van der Waals surface area contributed by atoms with Crippen LogP contribution < -0.4 is 5.32 Å². The zero-order valence-corrected chi connectivity index (χ0v) is 16.2. The third-order valence-corrected chi connectivity index (χ3v) is 4.77. The molecule has 2 N–H and O–H groups in total. The minimum atomic E-state index is 0.322. The molecule has 0 radical (unpaired) electrons. The van der Waals surface area contributed by atoms with Gasteiger partial charge < -0.3 is 10.3 Å². The summed E-state index contributed by atoms with van der Waals surface area (Å²) in [6.07, 6.45) is 4.15. The summed E-state index contributed by atoms with van der Waals surface area (Å²) in [6, 6.07) is 8.99. The average Bonchev–Trinajstić information content (AvgIpc) is 3.12. The van der Waals surface area contributed by atoms with Gasteiger partial charge in [0.05, 0.1) is 27.2 Å². The van der Waals surface area contributed by atoms with Crippen LogP contribution in [0.4, 0.5) is 11.6 Å². The summed E-state index contributed by atoms with van der Waals surface area (Å²) in [7, 11) is 0. The third-order valence-electron chi connectivity index (χ3n) is 4.18. The van der Waals surface area contributed by atoms with Gasteiger partial charge in [0.2, 0.25) is 0 Å². The largest absolute Gasteiger partial charge is 0.333 e. The maximum absolute atomic E-state index is 9.05. The number of halogens is 2. The molecule has 4 aromatic rings. The number of H-pyrrole nitrogens is 1. The van der Waals surface area contributed by atoms with Gasteiger partial charge in [-0.3, -0.25) is 0 Å². The van der Waals surface area contributed by atoms with E-state index in [1.54, 1.807) is 12.1 Å². The first-order valence-electron chi connectivity index (χ1n) is 8.41. The molecule has 0 saturated carbocycles. The molecule has 3 heterocycles. The van der Waals surface area contributed by atoms with Crippen molar-refractivity contribution in [1.82, 2.24) is 24.9 Å². The Morgan fingerprint density at radius 2 is 1.93 bits per heavy atom. The summed E-state index contributed by atoms with van der Waals surface area (Å²) in [5.74, 6) is 1.62. The van der Waals surface area contributed by atoms with Gasteiger partial charge in [-0.1, -0.05) is 36.2 Å². The molecule has 138 valence electrons.